The zero-order valence-corrected chi connectivity index (χ0v) is 10.0. The van der Waals surface area contributed by atoms with Crippen molar-refractivity contribution in [2.45, 2.75) is 0 Å². The molecule has 0 aliphatic heterocycles. The number of aromatic amines is 1. The molecule has 1 heterocycles. The molecule has 0 aliphatic carbocycles. The summed E-state index contributed by atoms with van der Waals surface area (Å²) in [6, 6.07) is 3.38. The van der Waals surface area contributed by atoms with Crippen LogP contribution < -0.4 is 11.1 Å². The van der Waals surface area contributed by atoms with Gasteiger partial charge in [-0.1, -0.05) is 27.5 Å². The van der Waals surface area contributed by atoms with Crippen molar-refractivity contribution in [2.75, 3.05) is 0 Å². The smallest absolute Gasteiger partial charge is 0.315 e. The summed E-state index contributed by atoms with van der Waals surface area (Å²) in [5, 5.41) is 0.395. The maximum atomic E-state index is 11.4. The van der Waals surface area contributed by atoms with Crippen LogP contribution in [0.25, 0.3) is 11.0 Å². The Bertz CT molecular complexity index is 659. The van der Waals surface area contributed by atoms with Crippen molar-refractivity contribution in [1.29, 1.82) is 0 Å². The largest absolute Gasteiger partial charge is 0.316 e. The van der Waals surface area contributed by atoms with Gasteiger partial charge in [-0.25, -0.2) is 0 Å². The highest BCUT2D eigenvalue weighted by Crippen LogP contribution is 2.24. The van der Waals surface area contributed by atoms with Crippen LogP contribution in [0.3, 0.4) is 0 Å². The van der Waals surface area contributed by atoms with Crippen molar-refractivity contribution in [2.24, 2.45) is 7.05 Å². The van der Waals surface area contributed by atoms with E-state index < -0.39 is 11.1 Å². The maximum absolute atomic E-state index is 11.4. The van der Waals surface area contributed by atoms with Gasteiger partial charge in [0.1, 0.15) is 0 Å². The number of rotatable bonds is 0. The standard InChI is InChI=1S/C9H6BrClN2O2/c1-13-6-3-4(10)2-5(11)7(6)12-8(14)9(13)15/h2-3H,1H3,(H,12,14). The lowest BCUT2D eigenvalue weighted by atomic mass is 10.3. The number of halogens is 2. The van der Waals surface area contributed by atoms with E-state index in [1.807, 2.05) is 0 Å². The van der Waals surface area contributed by atoms with Crippen LogP contribution in [0.4, 0.5) is 0 Å². The molecular weight excluding hydrogens is 283 g/mol. The third kappa shape index (κ3) is 1.61. The first-order chi connectivity index (χ1) is 7.00. The molecule has 15 heavy (non-hydrogen) atoms. The van der Waals surface area contributed by atoms with E-state index in [2.05, 4.69) is 20.9 Å². The van der Waals surface area contributed by atoms with Crippen LogP contribution in [0.15, 0.2) is 26.2 Å². The van der Waals surface area contributed by atoms with Crippen LogP contribution in [0.5, 0.6) is 0 Å². The molecule has 0 saturated carbocycles. The number of hydrogen-bond acceptors (Lipinski definition) is 2. The second-order valence-electron chi connectivity index (χ2n) is 3.10. The monoisotopic (exact) mass is 288 g/mol. The van der Waals surface area contributed by atoms with Gasteiger partial charge in [0.15, 0.2) is 0 Å². The van der Waals surface area contributed by atoms with Crippen LogP contribution in [-0.4, -0.2) is 9.55 Å². The third-order valence-corrected chi connectivity index (χ3v) is 2.89. The van der Waals surface area contributed by atoms with E-state index in [1.165, 1.54) is 11.6 Å². The molecule has 6 heteroatoms. The Morgan fingerprint density at radius 1 is 1.40 bits per heavy atom. The fourth-order valence-electron chi connectivity index (χ4n) is 1.38. The zero-order valence-electron chi connectivity index (χ0n) is 7.67. The summed E-state index contributed by atoms with van der Waals surface area (Å²) in [5.41, 5.74) is -0.225. The van der Waals surface area contributed by atoms with E-state index in [9.17, 15) is 9.59 Å². The molecule has 0 bridgehead atoms. The van der Waals surface area contributed by atoms with Gasteiger partial charge in [-0.15, -0.1) is 0 Å². The summed E-state index contributed by atoms with van der Waals surface area (Å²) >= 11 is 9.21. The minimum absolute atomic E-state index is 0.395. The molecule has 1 N–H and O–H groups in total. The number of benzene rings is 1. The van der Waals surface area contributed by atoms with E-state index in [4.69, 9.17) is 11.6 Å². The predicted octanol–water partition coefficient (Wildman–Crippen LogP) is 1.64. The number of hydrogen-bond donors (Lipinski definition) is 1. The second-order valence-corrected chi connectivity index (χ2v) is 4.42. The molecule has 0 amide bonds. The molecule has 2 rings (SSSR count). The van der Waals surface area contributed by atoms with Crippen molar-refractivity contribution >= 4 is 38.6 Å². The fraction of sp³-hybridized carbons (Fsp3) is 0.111. The quantitative estimate of drug-likeness (QED) is 0.750. The first-order valence-corrected chi connectivity index (χ1v) is 5.26. The number of nitrogens with zero attached hydrogens (tertiary/aromatic N) is 1. The molecule has 0 fully saturated rings. The van der Waals surface area contributed by atoms with E-state index in [-0.39, 0.29) is 0 Å². The molecule has 0 atom stereocenters. The van der Waals surface area contributed by atoms with E-state index in [0.29, 0.717) is 16.1 Å². The number of aromatic nitrogens is 2. The number of aryl methyl sites for hydroxylation is 1. The Morgan fingerprint density at radius 3 is 2.73 bits per heavy atom. The predicted molar refractivity (Wildman–Crippen MR) is 62.5 cm³/mol. The van der Waals surface area contributed by atoms with Gasteiger partial charge >= 0.3 is 11.1 Å². The average Bonchev–Trinajstić information content (AvgIpc) is 2.17. The van der Waals surface area contributed by atoms with Gasteiger partial charge in [0.05, 0.1) is 16.1 Å². The SMILES string of the molecule is Cn1c(=O)c(=O)[nH]c2c(Cl)cc(Br)cc21. The van der Waals surface area contributed by atoms with Gasteiger partial charge in [0, 0.05) is 11.5 Å². The summed E-state index contributed by atoms with van der Waals surface area (Å²) in [7, 11) is 1.53. The Kier molecular flexibility index (Phi) is 2.44. The van der Waals surface area contributed by atoms with Crippen LogP contribution in [0.2, 0.25) is 5.02 Å². The highest BCUT2D eigenvalue weighted by Gasteiger charge is 2.07. The Hall–Kier alpha value is -1.07. The van der Waals surface area contributed by atoms with Crippen LogP contribution in [-0.2, 0) is 7.05 Å². The van der Waals surface area contributed by atoms with Crippen LogP contribution >= 0.6 is 27.5 Å². The molecule has 0 unspecified atom stereocenters. The van der Waals surface area contributed by atoms with E-state index in [0.717, 1.165) is 4.47 Å². The highest BCUT2D eigenvalue weighted by molar-refractivity contribution is 9.10. The topological polar surface area (TPSA) is 54.9 Å². The van der Waals surface area contributed by atoms with Crippen molar-refractivity contribution in [3.63, 3.8) is 0 Å². The molecule has 2 aromatic rings. The van der Waals surface area contributed by atoms with Crippen molar-refractivity contribution in [1.82, 2.24) is 9.55 Å². The van der Waals surface area contributed by atoms with Gasteiger partial charge in [-0.3, -0.25) is 9.59 Å². The first-order valence-electron chi connectivity index (χ1n) is 4.09. The summed E-state index contributed by atoms with van der Waals surface area (Å²) in [6.45, 7) is 0. The lowest BCUT2D eigenvalue weighted by Crippen LogP contribution is -2.34. The van der Waals surface area contributed by atoms with Crippen LogP contribution in [0, 0.1) is 0 Å². The third-order valence-electron chi connectivity index (χ3n) is 2.13. The molecule has 0 saturated heterocycles. The van der Waals surface area contributed by atoms with Crippen LogP contribution in [0.1, 0.15) is 0 Å². The minimum atomic E-state index is -0.672. The van der Waals surface area contributed by atoms with Gasteiger partial charge in [0.2, 0.25) is 0 Å². The molecule has 0 spiro atoms. The summed E-state index contributed by atoms with van der Waals surface area (Å²) in [4.78, 5) is 25.1. The van der Waals surface area contributed by atoms with Gasteiger partial charge in [0.25, 0.3) is 0 Å². The zero-order chi connectivity index (χ0) is 11.2. The Labute approximate surface area is 97.6 Å². The first kappa shape index (κ1) is 10.4. The van der Waals surface area contributed by atoms with Crippen molar-refractivity contribution in [3.8, 4) is 0 Å². The lowest BCUT2D eigenvalue weighted by Gasteiger charge is -2.05. The molecule has 0 radical (unpaired) electrons. The molecule has 0 aliphatic rings. The summed E-state index contributed by atoms with van der Waals surface area (Å²) < 4.78 is 2.02. The summed E-state index contributed by atoms with van der Waals surface area (Å²) in [6.07, 6.45) is 0. The number of fused-ring (bicyclic) bond motifs is 1. The van der Waals surface area contributed by atoms with Gasteiger partial charge in [-0.2, -0.15) is 0 Å². The number of nitrogens with one attached hydrogen (secondary N) is 1. The van der Waals surface area contributed by atoms with Crippen molar-refractivity contribution in [3.05, 3.63) is 42.3 Å². The Balaban J connectivity index is 3.12. The van der Waals surface area contributed by atoms with E-state index >= 15 is 0 Å². The molecule has 4 nitrogen and oxygen atoms in total. The molecule has 1 aromatic carbocycles. The average molecular weight is 290 g/mol. The molecule has 1 aromatic heterocycles. The Morgan fingerprint density at radius 2 is 2.07 bits per heavy atom. The second kappa shape index (κ2) is 3.50. The van der Waals surface area contributed by atoms with E-state index in [1.54, 1.807) is 12.1 Å². The lowest BCUT2D eigenvalue weighted by molar-refractivity contribution is 0.873. The molecular formula is C9H6BrClN2O2. The summed E-state index contributed by atoms with van der Waals surface area (Å²) in [5.74, 6) is 0. The normalized spacial score (nSPS) is 10.9. The number of H-pyrrole nitrogens is 1. The van der Waals surface area contributed by atoms with Crippen molar-refractivity contribution < 1.29 is 0 Å². The molecule has 78 valence electrons. The minimum Gasteiger partial charge on any atom is -0.315 e. The maximum Gasteiger partial charge on any atom is 0.316 e. The van der Waals surface area contributed by atoms with Gasteiger partial charge < -0.3 is 9.55 Å². The van der Waals surface area contributed by atoms with Gasteiger partial charge in [-0.05, 0) is 12.1 Å². The highest BCUT2D eigenvalue weighted by atomic mass is 79.9. The fourth-order valence-corrected chi connectivity index (χ4v) is 2.22.